The number of carbonyl (C=O) groups is 2. The number of para-hydroxylation sites is 1. The van der Waals surface area contributed by atoms with Crippen molar-refractivity contribution in [1.29, 1.82) is 0 Å². The number of halogens is 2. The fourth-order valence-corrected chi connectivity index (χ4v) is 3.45. The highest BCUT2D eigenvalue weighted by Crippen LogP contribution is 2.35. The molecule has 0 aromatic heterocycles. The Bertz CT molecular complexity index is 897. The van der Waals surface area contributed by atoms with Gasteiger partial charge >= 0.3 is 0 Å². The van der Waals surface area contributed by atoms with Crippen LogP contribution in [0.4, 0.5) is 5.69 Å². The maximum absolute atomic E-state index is 12.7. The monoisotopic (exact) mass is 434 g/mol. The normalized spacial score (nSPS) is 15.7. The van der Waals surface area contributed by atoms with Crippen molar-refractivity contribution in [2.45, 2.75) is 20.0 Å². The van der Waals surface area contributed by atoms with E-state index >= 15 is 0 Å². The van der Waals surface area contributed by atoms with Crippen molar-refractivity contribution in [3.63, 3.8) is 0 Å². The number of hydrazine groups is 1. The van der Waals surface area contributed by atoms with Crippen molar-refractivity contribution < 1.29 is 14.3 Å². The fourth-order valence-electron chi connectivity index (χ4n) is 2.52. The predicted octanol–water partition coefficient (Wildman–Crippen LogP) is 4.35. The van der Waals surface area contributed by atoms with E-state index in [-0.39, 0.29) is 11.7 Å². The molecule has 0 aliphatic carbocycles. The van der Waals surface area contributed by atoms with E-state index in [0.29, 0.717) is 26.5 Å². The Morgan fingerprint density at radius 3 is 2.54 bits per heavy atom. The Labute approximate surface area is 164 Å². The molecular weight excluding hydrogens is 420 g/mol. The Kier molecular flexibility index (Phi) is 5.34. The lowest BCUT2D eigenvalue weighted by molar-refractivity contribution is -0.117. The smallest absolute Gasteiger partial charge is 0.282 e. The molecule has 2 aromatic carbocycles. The van der Waals surface area contributed by atoms with Crippen molar-refractivity contribution >= 4 is 51.1 Å². The third-order valence-electron chi connectivity index (χ3n) is 3.60. The number of ether oxygens (including phenoxy) is 1. The number of hydrogen-bond acceptors (Lipinski definition) is 3. The van der Waals surface area contributed by atoms with Gasteiger partial charge in [0.2, 0.25) is 0 Å². The first-order valence-corrected chi connectivity index (χ1v) is 9.12. The summed E-state index contributed by atoms with van der Waals surface area (Å²) in [4.78, 5) is 25.1. The highest BCUT2D eigenvalue weighted by Gasteiger charge is 2.34. The van der Waals surface area contributed by atoms with E-state index in [2.05, 4.69) is 21.4 Å². The van der Waals surface area contributed by atoms with E-state index in [1.54, 1.807) is 36.4 Å². The topological polar surface area (TPSA) is 58.6 Å². The van der Waals surface area contributed by atoms with E-state index in [4.69, 9.17) is 16.3 Å². The number of rotatable bonds is 4. The van der Waals surface area contributed by atoms with E-state index < -0.39 is 11.8 Å². The van der Waals surface area contributed by atoms with Crippen molar-refractivity contribution in [2.24, 2.45) is 0 Å². The first-order chi connectivity index (χ1) is 12.4. The van der Waals surface area contributed by atoms with Gasteiger partial charge in [0.1, 0.15) is 11.3 Å². The lowest BCUT2D eigenvalue weighted by Gasteiger charge is -2.15. The second-order valence-electron chi connectivity index (χ2n) is 5.95. The molecule has 0 bridgehead atoms. The van der Waals surface area contributed by atoms with Gasteiger partial charge in [0.15, 0.2) is 0 Å². The minimum absolute atomic E-state index is 0.0108. The van der Waals surface area contributed by atoms with Gasteiger partial charge in [-0.25, -0.2) is 5.01 Å². The van der Waals surface area contributed by atoms with Crippen LogP contribution in [-0.2, 0) is 9.59 Å². The van der Waals surface area contributed by atoms with Gasteiger partial charge in [0, 0.05) is 10.6 Å². The maximum Gasteiger partial charge on any atom is 0.282 e. The van der Waals surface area contributed by atoms with Crippen LogP contribution in [0.2, 0.25) is 5.02 Å². The van der Waals surface area contributed by atoms with Gasteiger partial charge in [0.05, 0.1) is 16.3 Å². The molecular formula is C19H16BrClN2O3. The second kappa shape index (κ2) is 7.51. The molecule has 0 unspecified atom stereocenters. The molecule has 26 heavy (non-hydrogen) atoms. The summed E-state index contributed by atoms with van der Waals surface area (Å²) in [6, 6.07) is 12.3. The summed E-state index contributed by atoms with van der Waals surface area (Å²) < 4.78 is 6.47. The molecule has 1 fully saturated rings. The number of anilines is 1. The molecule has 0 atom stereocenters. The lowest BCUT2D eigenvalue weighted by Crippen LogP contribution is -2.35. The molecule has 0 radical (unpaired) electrons. The summed E-state index contributed by atoms with van der Waals surface area (Å²) in [5, 5.41) is 1.68. The van der Waals surface area contributed by atoms with Crippen molar-refractivity contribution in [1.82, 2.24) is 5.43 Å². The van der Waals surface area contributed by atoms with Crippen molar-refractivity contribution in [3.8, 4) is 5.75 Å². The zero-order valence-corrected chi connectivity index (χ0v) is 16.5. The van der Waals surface area contributed by atoms with Crippen molar-refractivity contribution in [2.75, 3.05) is 5.01 Å². The Hall–Kier alpha value is -2.31. The summed E-state index contributed by atoms with van der Waals surface area (Å²) >= 11 is 9.55. The van der Waals surface area contributed by atoms with Crippen LogP contribution in [0.15, 0.2) is 52.5 Å². The SMILES string of the molecule is CC(C)Oc1c(Br)cc(Cl)cc1/C=C1/C(=O)NN(c2ccccc2)C1=O. The quantitative estimate of drug-likeness (QED) is 0.574. The maximum atomic E-state index is 12.7. The van der Waals surface area contributed by atoms with Gasteiger partial charge in [-0.05, 0) is 60.1 Å². The minimum atomic E-state index is -0.481. The summed E-state index contributed by atoms with van der Waals surface area (Å²) in [5.74, 6) is -0.395. The number of benzene rings is 2. The van der Waals surface area contributed by atoms with Crippen LogP contribution in [-0.4, -0.2) is 17.9 Å². The van der Waals surface area contributed by atoms with Gasteiger partial charge in [-0.3, -0.25) is 15.0 Å². The van der Waals surface area contributed by atoms with Crippen LogP contribution < -0.4 is 15.2 Å². The lowest BCUT2D eigenvalue weighted by atomic mass is 10.1. The molecule has 1 aliphatic heterocycles. The third-order valence-corrected chi connectivity index (χ3v) is 4.40. The second-order valence-corrected chi connectivity index (χ2v) is 7.24. The van der Waals surface area contributed by atoms with Crippen LogP contribution in [0.1, 0.15) is 19.4 Å². The van der Waals surface area contributed by atoms with E-state index in [9.17, 15) is 9.59 Å². The summed E-state index contributed by atoms with van der Waals surface area (Å²) in [6.07, 6.45) is 1.41. The van der Waals surface area contributed by atoms with Gasteiger partial charge in [0.25, 0.3) is 11.8 Å². The average Bonchev–Trinajstić information content (AvgIpc) is 2.86. The molecule has 0 saturated carbocycles. The molecule has 5 nitrogen and oxygen atoms in total. The minimum Gasteiger partial charge on any atom is -0.489 e. The van der Waals surface area contributed by atoms with Crippen LogP contribution in [0.5, 0.6) is 5.75 Å². The number of hydrogen-bond donors (Lipinski definition) is 1. The molecule has 0 spiro atoms. The molecule has 1 aliphatic rings. The molecule has 1 N–H and O–H groups in total. The zero-order chi connectivity index (χ0) is 18.8. The molecule has 3 rings (SSSR count). The first kappa shape index (κ1) is 18.5. The molecule has 1 heterocycles. The van der Waals surface area contributed by atoms with Gasteiger partial charge in [-0.2, -0.15) is 0 Å². The van der Waals surface area contributed by atoms with E-state index in [1.165, 1.54) is 11.1 Å². The predicted molar refractivity (Wildman–Crippen MR) is 105 cm³/mol. The number of nitrogens with zero attached hydrogens (tertiary/aromatic N) is 1. The first-order valence-electron chi connectivity index (χ1n) is 7.94. The number of carbonyl (C=O) groups excluding carboxylic acids is 2. The third kappa shape index (κ3) is 3.76. The zero-order valence-electron chi connectivity index (χ0n) is 14.1. The van der Waals surface area contributed by atoms with Gasteiger partial charge < -0.3 is 4.74 Å². The molecule has 2 amide bonds. The number of amides is 2. The van der Waals surface area contributed by atoms with E-state index in [1.807, 2.05) is 19.9 Å². The highest BCUT2D eigenvalue weighted by atomic mass is 79.9. The van der Waals surface area contributed by atoms with Crippen LogP contribution >= 0.6 is 27.5 Å². The largest absolute Gasteiger partial charge is 0.489 e. The van der Waals surface area contributed by atoms with Gasteiger partial charge in [-0.15, -0.1) is 0 Å². The average molecular weight is 436 g/mol. The molecule has 7 heteroatoms. The van der Waals surface area contributed by atoms with Gasteiger partial charge in [-0.1, -0.05) is 29.8 Å². The van der Waals surface area contributed by atoms with Crippen molar-refractivity contribution in [3.05, 3.63) is 63.1 Å². The highest BCUT2D eigenvalue weighted by molar-refractivity contribution is 9.10. The summed E-state index contributed by atoms with van der Waals surface area (Å²) in [7, 11) is 0. The Morgan fingerprint density at radius 1 is 1.19 bits per heavy atom. The Balaban J connectivity index is 2.02. The number of nitrogens with one attached hydrogen (secondary N) is 1. The Morgan fingerprint density at radius 2 is 1.88 bits per heavy atom. The summed E-state index contributed by atoms with van der Waals surface area (Å²) in [5.41, 5.74) is 3.71. The van der Waals surface area contributed by atoms with E-state index in [0.717, 1.165) is 0 Å². The summed E-state index contributed by atoms with van der Waals surface area (Å²) in [6.45, 7) is 3.78. The van der Waals surface area contributed by atoms with Crippen LogP contribution in [0.3, 0.4) is 0 Å². The molecule has 1 saturated heterocycles. The van der Waals surface area contributed by atoms with Crippen LogP contribution in [0, 0.1) is 0 Å². The molecule has 134 valence electrons. The van der Waals surface area contributed by atoms with Crippen LogP contribution in [0.25, 0.3) is 6.08 Å². The molecule has 2 aromatic rings. The fraction of sp³-hybridized carbons (Fsp3) is 0.158. The standard InChI is InChI=1S/C19H16BrClN2O3/c1-11(2)26-17-12(8-13(21)10-16(17)20)9-15-18(24)22-23(19(15)25)14-6-4-3-5-7-14/h3-11H,1-2H3,(H,22,24)/b15-9-.